The Balaban J connectivity index is 1.56. The summed E-state index contributed by atoms with van der Waals surface area (Å²) >= 11 is 0. The number of carbonyl (C=O) groups is 1. The zero-order valence-corrected chi connectivity index (χ0v) is 13.5. The van der Waals surface area contributed by atoms with E-state index in [1.165, 1.54) is 23.9 Å². The van der Waals surface area contributed by atoms with Gasteiger partial charge in [-0.15, -0.1) is 0 Å². The number of ether oxygens (including phenoxy) is 1. The maximum atomic E-state index is 12.1. The Kier molecular flexibility index (Phi) is 5.40. The first-order valence-corrected chi connectivity index (χ1v) is 8.05. The number of hydrogen-bond acceptors (Lipinski definition) is 4. The molecule has 1 aromatic heterocycles. The van der Waals surface area contributed by atoms with Crippen LogP contribution in [-0.2, 0) is 17.8 Å². The maximum absolute atomic E-state index is 12.1. The van der Waals surface area contributed by atoms with Crippen molar-refractivity contribution < 1.29 is 9.53 Å². The lowest BCUT2D eigenvalue weighted by atomic mass is 10.1. The molecule has 2 N–H and O–H groups in total. The van der Waals surface area contributed by atoms with Crippen LogP contribution < -0.4 is 10.9 Å². The van der Waals surface area contributed by atoms with Crippen molar-refractivity contribution in [2.75, 3.05) is 26.3 Å². The zero-order valence-electron chi connectivity index (χ0n) is 13.5. The Bertz CT molecular complexity index is 731. The number of rotatable bonds is 5. The molecule has 1 fully saturated rings. The Hall–Kier alpha value is -2.44. The van der Waals surface area contributed by atoms with Gasteiger partial charge in [0, 0.05) is 38.4 Å². The number of hydrogen-bond donors (Lipinski definition) is 2. The molecule has 0 bridgehead atoms. The molecule has 0 unspecified atom stereocenters. The number of aromatic amines is 1. The third-order valence-corrected chi connectivity index (χ3v) is 4.00. The molecule has 0 aliphatic carbocycles. The standard InChI is InChI=1S/C18H21N3O3/c22-17-5-4-16(12-19-17)18(23)20-11-14-2-1-3-15(10-14)13-21-6-8-24-9-7-21/h1-5,10,12H,6-9,11,13H2,(H,19,22)(H,20,23). The van der Waals surface area contributed by atoms with Crippen molar-refractivity contribution in [2.45, 2.75) is 13.1 Å². The number of nitrogens with zero attached hydrogens (tertiary/aromatic N) is 1. The molecule has 1 aliphatic heterocycles. The van der Waals surface area contributed by atoms with Gasteiger partial charge in [0.05, 0.1) is 18.8 Å². The van der Waals surface area contributed by atoms with Gasteiger partial charge in [-0.05, 0) is 17.2 Å². The minimum atomic E-state index is -0.220. The first kappa shape index (κ1) is 16.4. The Morgan fingerprint density at radius 1 is 1.17 bits per heavy atom. The van der Waals surface area contributed by atoms with E-state index in [0.717, 1.165) is 38.4 Å². The van der Waals surface area contributed by atoms with Crippen molar-refractivity contribution in [3.05, 3.63) is 69.6 Å². The van der Waals surface area contributed by atoms with Crippen LogP contribution in [0, 0.1) is 0 Å². The van der Waals surface area contributed by atoms with E-state index in [9.17, 15) is 9.59 Å². The van der Waals surface area contributed by atoms with Gasteiger partial charge in [-0.25, -0.2) is 0 Å². The van der Waals surface area contributed by atoms with E-state index < -0.39 is 0 Å². The molecule has 24 heavy (non-hydrogen) atoms. The highest BCUT2D eigenvalue weighted by atomic mass is 16.5. The van der Waals surface area contributed by atoms with Crippen molar-refractivity contribution in [3.63, 3.8) is 0 Å². The lowest BCUT2D eigenvalue weighted by molar-refractivity contribution is 0.0342. The molecule has 0 atom stereocenters. The molecule has 1 aromatic carbocycles. The molecule has 3 rings (SSSR count). The second kappa shape index (κ2) is 7.90. The summed E-state index contributed by atoms with van der Waals surface area (Å²) in [7, 11) is 0. The third kappa shape index (κ3) is 4.53. The minimum Gasteiger partial charge on any atom is -0.379 e. The number of morpholine rings is 1. The lowest BCUT2D eigenvalue weighted by Crippen LogP contribution is -2.35. The summed E-state index contributed by atoms with van der Waals surface area (Å²) in [5.41, 5.74) is 2.51. The molecular formula is C18H21N3O3. The molecule has 2 aromatic rings. The van der Waals surface area contributed by atoms with E-state index in [-0.39, 0.29) is 11.5 Å². The lowest BCUT2D eigenvalue weighted by Gasteiger charge is -2.26. The first-order valence-electron chi connectivity index (χ1n) is 8.05. The van der Waals surface area contributed by atoms with Gasteiger partial charge in [0.15, 0.2) is 0 Å². The van der Waals surface area contributed by atoms with Gasteiger partial charge >= 0.3 is 0 Å². The van der Waals surface area contributed by atoms with Crippen LogP contribution in [0.4, 0.5) is 0 Å². The van der Waals surface area contributed by atoms with Crippen LogP contribution in [0.15, 0.2) is 47.4 Å². The maximum Gasteiger partial charge on any atom is 0.253 e. The summed E-state index contributed by atoms with van der Waals surface area (Å²) in [6, 6.07) is 11.1. The number of nitrogens with one attached hydrogen (secondary N) is 2. The monoisotopic (exact) mass is 327 g/mol. The van der Waals surface area contributed by atoms with Gasteiger partial charge in [-0.1, -0.05) is 24.3 Å². The number of pyridine rings is 1. The largest absolute Gasteiger partial charge is 0.379 e. The van der Waals surface area contributed by atoms with E-state index in [4.69, 9.17) is 4.74 Å². The van der Waals surface area contributed by atoms with Gasteiger partial charge in [0.2, 0.25) is 5.56 Å². The fourth-order valence-electron chi connectivity index (χ4n) is 2.69. The molecule has 6 nitrogen and oxygen atoms in total. The molecule has 1 amide bonds. The molecular weight excluding hydrogens is 306 g/mol. The van der Waals surface area contributed by atoms with Crippen LogP contribution in [0.3, 0.4) is 0 Å². The molecule has 0 radical (unpaired) electrons. The highest BCUT2D eigenvalue weighted by molar-refractivity contribution is 5.93. The van der Waals surface area contributed by atoms with E-state index in [0.29, 0.717) is 12.1 Å². The molecule has 126 valence electrons. The minimum absolute atomic E-state index is 0.204. The van der Waals surface area contributed by atoms with Crippen LogP contribution in [0.1, 0.15) is 21.5 Å². The second-order valence-electron chi connectivity index (χ2n) is 5.83. The van der Waals surface area contributed by atoms with Crippen molar-refractivity contribution in [2.24, 2.45) is 0 Å². The summed E-state index contributed by atoms with van der Waals surface area (Å²) < 4.78 is 5.36. The van der Waals surface area contributed by atoms with Crippen LogP contribution in [0.5, 0.6) is 0 Å². The Labute approximate surface area is 140 Å². The summed E-state index contributed by atoms with van der Waals surface area (Å²) in [4.78, 5) is 28.0. The van der Waals surface area contributed by atoms with Crippen molar-refractivity contribution in [3.8, 4) is 0 Å². The average Bonchev–Trinajstić information content (AvgIpc) is 2.61. The molecule has 0 saturated carbocycles. The topological polar surface area (TPSA) is 74.4 Å². The number of carbonyl (C=O) groups excluding carboxylic acids is 1. The quantitative estimate of drug-likeness (QED) is 0.863. The molecule has 1 saturated heterocycles. The van der Waals surface area contributed by atoms with E-state index in [1.54, 1.807) is 0 Å². The van der Waals surface area contributed by atoms with Gasteiger partial charge < -0.3 is 15.0 Å². The molecule has 0 spiro atoms. The Morgan fingerprint density at radius 3 is 2.71 bits per heavy atom. The van der Waals surface area contributed by atoms with Crippen LogP contribution in [0.25, 0.3) is 0 Å². The summed E-state index contributed by atoms with van der Waals surface area (Å²) in [6.07, 6.45) is 1.42. The third-order valence-electron chi connectivity index (χ3n) is 4.00. The fourth-order valence-corrected chi connectivity index (χ4v) is 2.69. The number of benzene rings is 1. The Morgan fingerprint density at radius 2 is 1.96 bits per heavy atom. The summed E-state index contributed by atoms with van der Waals surface area (Å²) in [5.74, 6) is -0.204. The highest BCUT2D eigenvalue weighted by Gasteiger charge is 2.11. The summed E-state index contributed by atoms with van der Waals surface area (Å²) in [6.45, 7) is 4.82. The normalized spacial score (nSPS) is 15.2. The van der Waals surface area contributed by atoms with E-state index >= 15 is 0 Å². The smallest absolute Gasteiger partial charge is 0.253 e. The van der Waals surface area contributed by atoms with Crippen LogP contribution >= 0.6 is 0 Å². The molecule has 2 heterocycles. The average molecular weight is 327 g/mol. The van der Waals surface area contributed by atoms with Crippen molar-refractivity contribution >= 4 is 5.91 Å². The van der Waals surface area contributed by atoms with Crippen LogP contribution in [0.2, 0.25) is 0 Å². The number of amides is 1. The number of H-pyrrole nitrogens is 1. The van der Waals surface area contributed by atoms with Gasteiger partial charge in [0.1, 0.15) is 0 Å². The predicted molar refractivity (Wildman–Crippen MR) is 90.8 cm³/mol. The van der Waals surface area contributed by atoms with Crippen LogP contribution in [-0.4, -0.2) is 42.1 Å². The SMILES string of the molecule is O=C(NCc1cccc(CN2CCOCC2)c1)c1ccc(=O)[nH]c1. The first-order chi connectivity index (χ1) is 11.7. The van der Waals surface area contributed by atoms with E-state index in [2.05, 4.69) is 27.3 Å². The molecule has 1 aliphatic rings. The van der Waals surface area contributed by atoms with Crippen molar-refractivity contribution in [1.82, 2.24) is 15.2 Å². The predicted octanol–water partition coefficient (Wildman–Crippen LogP) is 1.14. The van der Waals surface area contributed by atoms with Crippen molar-refractivity contribution in [1.29, 1.82) is 0 Å². The highest BCUT2D eigenvalue weighted by Crippen LogP contribution is 2.10. The van der Waals surface area contributed by atoms with Gasteiger partial charge in [-0.3, -0.25) is 14.5 Å². The number of aromatic nitrogens is 1. The van der Waals surface area contributed by atoms with E-state index in [1.807, 2.05) is 12.1 Å². The summed E-state index contributed by atoms with van der Waals surface area (Å²) in [5, 5.41) is 2.87. The van der Waals surface area contributed by atoms with Gasteiger partial charge in [-0.2, -0.15) is 0 Å². The second-order valence-corrected chi connectivity index (χ2v) is 5.83. The van der Waals surface area contributed by atoms with Gasteiger partial charge in [0.25, 0.3) is 5.91 Å². The molecule has 6 heteroatoms. The fraction of sp³-hybridized carbons (Fsp3) is 0.333. The zero-order chi connectivity index (χ0) is 16.8.